The molecule has 1 aliphatic rings. The van der Waals surface area contributed by atoms with E-state index in [0.717, 1.165) is 5.56 Å². The standard InChI is InChI=1S/C18H18FNO3/c1-22-11-12-23-15-7-5-14(6-8-15)18(21)20-10-9-13-3-2-4-16(19)17(13)20/h2-8H,9-12H2,1H3. The van der Waals surface area contributed by atoms with Gasteiger partial charge in [-0.05, 0) is 42.3 Å². The second-order valence-electron chi connectivity index (χ2n) is 5.32. The first-order valence-electron chi connectivity index (χ1n) is 7.52. The maximum absolute atomic E-state index is 14.0. The third-order valence-corrected chi connectivity index (χ3v) is 3.85. The summed E-state index contributed by atoms with van der Waals surface area (Å²) in [6, 6.07) is 11.8. The van der Waals surface area contributed by atoms with Crippen LogP contribution in [0.1, 0.15) is 15.9 Å². The maximum Gasteiger partial charge on any atom is 0.258 e. The minimum Gasteiger partial charge on any atom is -0.491 e. The van der Waals surface area contributed by atoms with Crippen LogP contribution >= 0.6 is 0 Å². The van der Waals surface area contributed by atoms with E-state index < -0.39 is 0 Å². The molecule has 1 heterocycles. The Kier molecular flexibility index (Phi) is 4.57. The molecule has 1 amide bonds. The molecule has 0 spiro atoms. The van der Waals surface area contributed by atoms with E-state index in [-0.39, 0.29) is 11.7 Å². The molecule has 2 aromatic carbocycles. The number of hydrogen-bond acceptors (Lipinski definition) is 3. The van der Waals surface area contributed by atoms with E-state index in [2.05, 4.69) is 0 Å². The van der Waals surface area contributed by atoms with Crippen molar-refractivity contribution < 1.29 is 18.7 Å². The van der Waals surface area contributed by atoms with Crippen LogP contribution in [-0.2, 0) is 11.2 Å². The minimum absolute atomic E-state index is 0.197. The molecule has 0 aromatic heterocycles. The van der Waals surface area contributed by atoms with E-state index in [1.54, 1.807) is 37.4 Å². The van der Waals surface area contributed by atoms with Gasteiger partial charge in [0.1, 0.15) is 18.2 Å². The van der Waals surface area contributed by atoms with Gasteiger partial charge in [0, 0.05) is 19.2 Å². The van der Waals surface area contributed by atoms with Gasteiger partial charge in [0.25, 0.3) is 5.91 Å². The van der Waals surface area contributed by atoms with Gasteiger partial charge in [0.15, 0.2) is 0 Å². The highest BCUT2D eigenvalue weighted by atomic mass is 19.1. The molecule has 0 unspecified atom stereocenters. The normalized spacial score (nSPS) is 13.0. The molecular formula is C18H18FNO3. The summed E-state index contributed by atoms with van der Waals surface area (Å²) in [5.74, 6) is 0.122. The summed E-state index contributed by atoms with van der Waals surface area (Å²) in [6.45, 7) is 1.46. The van der Waals surface area contributed by atoms with E-state index in [9.17, 15) is 9.18 Å². The lowest BCUT2D eigenvalue weighted by atomic mass is 10.1. The lowest BCUT2D eigenvalue weighted by Gasteiger charge is -2.18. The summed E-state index contributed by atoms with van der Waals surface area (Å²) >= 11 is 0. The number of carbonyl (C=O) groups excluding carboxylic acids is 1. The third kappa shape index (κ3) is 3.19. The number of benzene rings is 2. The van der Waals surface area contributed by atoms with Crippen molar-refractivity contribution in [3.63, 3.8) is 0 Å². The molecule has 0 fully saturated rings. The van der Waals surface area contributed by atoms with Crippen molar-refractivity contribution >= 4 is 11.6 Å². The Hall–Kier alpha value is -2.40. The van der Waals surface area contributed by atoms with Gasteiger partial charge in [-0.1, -0.05) is 12.1 Å². The van der Waals surface area contributed by atoms with Crippen molar-refractivity contribution in [2.75, 3.05) is 31.8 Å². The SMILES string of the molecule is COCCOc1ccc(C(=O)N2CCc3cccc(F)c32)cc1. The van der Waals surface area contributed by atoms with Crippen LogP contribution in [0.25, 0.3) is 0 Å². The zero-order valence-electron chi connectivity index (χ0n) is 12.9. The molecule has 5 heteroatoms. The van der Waals surface area contributed by atoms with Crippen LogP contribution in [0.3, 0.4) is 0 Å². The number of hydrogen-bond donors (Lipinski definition) is 0. The summed E-state index contributed by atoms with van der Waals surface area (Å²) in [7, 11) is 1.61. The molecule has 0 N–H and O–H groups in total. The Morgan fingerprint density at radius 2 is 1.96 bits per heavy atom. The van der Waals surface area contributed by atoms with Crippen LogP contribution in [0.2, 0.25) is 0 Å². The van der Waals surface area contributed by atoms with Crippen molar-refractivity contribution in [2.45, 2.75) is 6.42 Å². The molecule has 1 aliphatic heterocycles. The predicted molar refractivity (Wildman–Crippen MR) is 85.6 cm³/mol. The number of amides is 1. The molecule has 3 rings (SSSR count). The summed E-state index contributed by atoms with van der Waals surface area (Å²) in [6.07, 6.45) is 0.678. The molecule has 0 saturated heterocycles. The molecule has 0 radical (unpaired) electrons. The molecule has 0 aliphatic carbocycles. The van der Waals surface area contributed by atoms with Crippen LogP contribution < -0.4 is 9.64 Å². The zero-order chi connectivity index (χ0) is 16.2. The number of ether oxygens (including phenoxy) is 2. The number of methoxy groups -OCH3 is 1. The number of nitrogens with zero attached hydrogens (tertiary/aromatic N) is 1. The van der Waals surface area contributed by atoms with Gasteiger partial charge in [-0.2, -0.15) is 0 Å². The molecule has 0 atom stereocenters. The van der Waals surface area contributed by atoms with Crippen LogP contribution in [0.5, 0.6) is 5.75 Å². The van der Waals surface area contributed by atoms with E-state index in [0.29, 0.717) is 43.2 Å². The molecular weight excluding hydrogens is 297 g/mol. The van der Waals surface area contributed by atoms with Crippen LogP contribution in [0, 0.1) is 5.82 Å². The Bertz CT molecular complexity index is 700. The van der Waals surface area contributed by atoms with E-state index in [4.69, 9.17) is 9.47 Å². The van der Waals surface area contributed by atoms with Gasteiger partial charge in [0.05, 0.1) is 12.3 Å². The Morgan fingerprint density at radius 3 is 2.70 bits per heavy atom. The van der Waals surface area contributed by atoms with Crippen LogP contribution in [-0.4, -0.2) is 32.8 Å². The topological polar surface area (TPSA) is 38.8 Å². The first-order valence-corrected chi connectivity index (χ1v) is 7.52. The Balaban J connectivity index is 1.75. The largest absolute Gasteiger partial charge is 0.491 e. The molecule has 120 valence electrons. The fourth-order valence-corrected chi connectivity index (χ4v) is 2.70. The van der Waals surface area contributed by atoms with E-state index >= 15 is 0 Å². The van der Waals surface area contributed by atoms with Crippen molar-refractivity contribution in [3.8, 4) is 5.75 Å². The summed E-state index contributed by atoms with van der Waals surface area (Å²) < 4.78 is 24.4. The summed E-state index contributed by atoms with van der Waals surface area (Å²) in [5, 5.41) is 0. The maximum atomic E-state index is 14.0. The average Bonchev–Trinajstić information content (AvgIpc) is 3.01. The van der Waals surface area contributed by atoms with Crippen molar-refractivity contribution in [2.24, 2.45) is 0 Å². The van der Waals surface area contributed by atoms with Gasteiger partial charge in [-0.3, -0.25) is 4.79 Å². The van der Waals surface area contributed by atoms with Crippen molar-refractivity contribution in [1.29, 1.82) is 0 Å². The molecule has 23 heavy (non-hydrogen) atoms. The molecule has 2 aromatic rings. The molecule has 4 nitrogen and oxygen atoms in total. The lowest BCUT2D eigenvalue weighted by molar-refractivity contribution is 0.0988. The van der Waals surface area contributed by atoms with E-state index in [1.807, 2.05) is 6.07 Å². The van der Waals surface area contributed by atoms with Gasteiger partial charge in [-0.25, -0.2) is 4.39 Å². The first kappa shape index (κ1) is 15.5. The second kappa shape index (κ2) is 6.79. The first-order chi connectivity index (χ1) is 11.2. The fraction of sp³-hybridized carbons (Fsp3) is 0.278. The number of fused-ring (bicyclic) bond motifs is 1. The Labute approximate surface area is 134 Å². The average molecular weight is 315 g/mol. The van der Waals surface area contributed by atoms with Crippen molar-refractivity contribution in [1.82, 2.24) is 0 Å². The Morgan fingerprint density at radius 1 is 1.17 bits per heavy atom. The zero-order valence-corrected chi connectivity index (χ0v) is 12.9. The smallest absolute Gasteiger partial charge is 0.258 e. The minimum atomic E-state index is -0.354. The number of halogens is 1. The molecule has 0 bridgehead atoms. The van der Waals surface area contributed by atoms with E-state index in [1.165, 1.54) is 11.0 Å². The van der Waals surface area contributed by atoms with Crippen LogP contribution in [0.15, 0.2) is 42.5 Å². The number of rotatable bonds is 5. The van der Waals surface area contributed by atoms with Gasteiger partial charge < -0.3 is 14.4 Å². The predicted octanol–water partition coefficient (Wildman–Crippen LogP) is 3.05. The summed E-state index contributed by atoms with van der Waals surface area (Å²) in [5.41, 5.74) is 1.79. The number of anilines is 1. The van der Waals surface area contributed by atoms with Gasteiger partial charge in [0.2, 0.25) is 0 Å². The summed E-state index contributed by atoms with van der Waals surface area (Å²) in [4.78, 5) is 14.1. The number of carbonyl (C=O) groups is 1. The quantitative estimate of drug-likeness (QED) is 0.796. The monoisotopic (exact) mass is 315 g/mol. The second-order valence-corrected chi connectivity index (χ2v) is 5.32. The number of para-hydroxylation sites is 1. The molecule has 0 saturated carbocycles. The van der Waals surface area contributed by atoms with Crippen molar-refractivity contribution in [3.05, 3.63) is 59.4 Å². The third-order valence-electron chi connectivity index (χ3n) is 3.85. The highest BCUT2D eigenvalue weighted by Gasteiger charge is 2.28. The lowest BCUT2D eigenvalue weighted by Crippen LogP contribution is -2.29. The van der Waals surface area contributed by atoms with Gasteiger partial charge in [-0.15, -0.1) is 0 Å². The van der Waals surface area contributed by atoms with Gasteiger partial charge >= 0.3 is 0 Å². The van der Waals surface area contributed by atoms with Crippen LogP contribution in [0.4, 0.5) is 10.1 Å². The fourth-order valence-electron chi connectivity index (χ4n) is 2.70. The highest BCUT2D eigenvalue weighted by Crippen LogP contribution is 2.32. The highest BCUT2D eigenvalue weighted by molar-refractivity contribution is 6.07.